The molecule has 2 N–H and O–H groups in total. The van der Waals surface area contributed by atoms with Gasteiger partial charge in [0.15, 0.2) is 0 Å². The van der Waals surface area contributed by atoms with E-state index in [4.69, 9.17) is 0 Å². The number of carbonyl (C=O) groups is 1. The molecule has 1 amide bonds. The number of anilines is 3. The molecule has 0 saturated heterocycles. The minimum absolute atomic E-state index is 0.102. The molecular weight excluding hydrogens is 354 g/mol. The highest BCUT2D eigenvalue weighted by atomic mass is 16.2. The first-order chi connectivity index (χ1) is 13.7. The topological polar surface area (TPSA) is 89.7 Å². The van der Waals surface area contributed by atoms with Crippen molar-refractivity contribution in [3.05, 3.63) is 55.1 Å². The summed E-state index contributed by atoms with van der Waals surface area (Å²) in [5.74, 6) is 1.50. The Kier molecular flexibility index (Phi) is 3.82. The van der Waals surface area contributed by atoms with Crippen LogP contribution in [0.5, 0.6) is 0 Å². The van der Waals surface area contributed by atoms with Crippen molar-refractivity contribution in [2.45, 2.75) is 12.8 Å². The predicted molar refractivity (Wildman–Crippen MR) is 107 cm³/mol. The summed E-state index contributed by atoms with van der Waals surface area (Å²) >= 11 is 0. The van der Waals surface area contributed by atoms with E-state index in [0.29, 0.717) is 5.95 Å². The van der Waals surface area contributed by atoms with Crippen molar-refractivity contribution < 1.29 is 4.79 Å². The van der Waals surface area contributed by atoms with Gasteiger partial charge < -0.3 is 15.2 Å². The Morgan fingerprint density at radius 1 is 1.21 bits per heavy atom. The number of carbonyl (C=O) groups excluding carboxylic acids is 1. The average Bonchev–Trinajstić information content (AvgIpc) is 3.34. The molecule has 8 nitrogen and oxygen atoms in total. The maximum atomic E-state index is 12.2. The third kappa shape index (κ3) is 3.09. The zero-order valence-electron chi connectivity index (χ0n) is 15.3. The van der Waals surface area contributed by atoms with Gasteiger partial charge in [-0.05, 0) is 37.1 Å². The van der Waals surface area contributed by atoms with E-state index in [-0.39, 0.29) is 11.8 Å². The number of hydrogen-bond donors (Lipinski definition) is 2. The Morgan fingerprint density at radius 2 is 2.11 bits per heavy atom. The third-order valence-electron chi connectivity index (χ3n) is 4.79. The lowest BCUT2D eigenvalue weighted by Gasteiger charge is -2.09. The number of amides is 1. The van der Waals surface area contributed by atoms with Gasteiger partial charge in [0.05, 0.1) is 23.1 Å². The van der Waals surface area contributed by atoms with E-state index in [1.807, 2.05) is 54.3 Å². The summed E-state index contributed by atoms with van der Waals surface area (Å²) in [5, 5.41) is 11.3. The zero-order chi connectivity index (χ0) is 19.1. The lowest BCUT2D eigenvalue weighted by Crippen LogP contribution is -2.13. The highest BCUT2D eigenvalue weighted by Gasteiger charge is 2.29. The SMILES string of the molecule is Cn1cc(Nc2nccc(-n3ccc4c(NC(=O)C5CC5)cccc43)n2)cn1. The molecule has 4 aromatic rings. The number of hydrogen-bond acceptors (Lipinski definition) is 5. The molecule has 3 aromatic heterocycles. The smallest absolute Gasteiger partial charge is 0.229 e. The Balaban J connectivity index is 1.47. The summed E-state index contributed by atoms with van der Waals surface area (Å²) in [6.45, 7) is 0. The number of fused-ring (bicyclic) bond motifs is 1. The van der Waals surface area contributed by atoms with Crippen LogP contribution in [0.2, 0.25) is 0 Å². The summed E-state index contributed by atoms with van der Waals surface area (Å²) in [6, 6.07) is 9.73. The Hall–Kier alpha value is -3.68. The highest BCUT2D eigenvalue weighted by molar-refractivity contribution is 6.03. The van der Waals surface area contributed by atoms with Gasteiger partial charge in [0.25, 0.3) is 0 Å². The van der Waals surface area contributed by atoms with Crippen LogP contribution in [0.1, 0.15) is 12.8 Å². The second kappa shape index (κ2) is 6.49. The Labute approximate surface area is 161 Å². The van der Waals surface area contributed by atoms with Crippen LogP contribution in [0.3, 0.4) is 0 Å². The zero-order valence-corrected chi connectivity index (χ0v) is 15.3. The van der Waals surface area contributed by atoms with E-state index in [1.165, 1.54) is 0 Å². The van der Waals surface area contributed by atoms with Crippen LogP contribution in [0.15, 0.2) is 55.1 Å². The van der Waals surface area contributed by atoms with Crippen LogP contribution in [-0.2, 0) is 11.8 Å². The van der Waals surface area contributed by atoms with E-state index in [0.717, 1.165) is 40.9 Å². The molecule has 0 radical (unpaired) electrons. The molecule has 5 rings (SSSR count). The summed E-state index contributed by atoms with van der Waals surface area (Å²) in [5.41, 5.74) is 2.62. The van der Waals surface area contributed by atoms with Crippen molar-refractivity contribution in [2.75, 3.05) is 10.6 Å². The summed E-state index contributed by atoms with van der Waals surface area (Å²) in [4.78, 5) is 21.1. The number of benzene rings is 1. The third-order valence-corrected chi connectivity index (χ3v) is 4.79. The number of nitrogens with one attached hydrogen (secondary N) is 2. The molecule has 0 atom stereocenters. The van der Waals surface area contributed by atoms with Crippen molar-refractivity contribution in [1.29, 1.82) is 0 Å². The Morgan fingerprint density at radius 3 is 2.89 bits per heavy atom. The molecule has 1 aliphatic carbocycles. The van der Waals surface area contributed by atoms with Gasteiger partial charge in [0, 0.05) is 36.9 Å². The monoisotopic (exact) mass is 373 g/mol. The van der Waals surface area contributed by atoms with Crippen molar-refractivity contribution >= 4 is 34.1 Å². The van der Waals surface area contributed by atoms with Gasteiger partial charge in [-0.15, -0.1) is 0 Å². The highest BCUT2D eigenvalue weighted by Crippen LogP contribution is 2.32. The van der Waals surface area contributed by atoms with Crippen molar-refractivity contribution in [1.82, 2.24) is 24.3 Å². The largest absolute Gasteiger partial charge is 0.325 e. The summed E-state index contributed by atoms with van der Waals surface area (Å²) in [7, 11) is 1.86. The fourth-order valence-electron chi connectivity index (χ4n) is 3.22. The van der Waals surface area contributed by atoms with Crippen LogP contribution in [0, 0.1) is 5.92 Å². The minimum Gasteiger partial charge on any atom is -0.325 e. The van der Waals surface area contributed by atoms with Crippen LogP contribution < -0.4 is 10.6 Å². The predicted octanol–water partition coefficient (Wildman–Crippen LogP) is 3.25. The second-order valence-corrected chi connectivity index (χ2v) is 6.95. The van der Waals surface area contributed by atoms with Gasteiger partial charge in [-0.1, -0.05) is 6.07 Å². The maximum absolute atomic E-state index is 12.2. The van der Waals surface area contributed by atoms with Crippen LogP contribution in [0.4, 0.5) is 17.3 Å². The molecule has 3 heterocycles. The van der Waals surface area contributed by atoms with E-state index in [2.05, 4.69) is 25.7 Å². The lowest BCUT2D eigenvalue weighted by molar-refractivity contribution is -0.117. The average molecular weight is 373 g/mol. The quantitative estimate of drug-likeness (QED) is 0.560. The van der Waals surface area contributed by atoms with Gasteiger partial charge in [-0.2, -0.15) is 10.1 Å². The van der Waals surface area contributed by atoms with E-state index < -0.39 is 0 Å². The molecule has 0 aliphatic heterocycles. The van der Waals surface area contributed by atoms with E-state index in [1.54, 1.807) is 17.1 Å². The maximum Gasteiger partial charge on any atom is 0.229 e. The minimum atomic E-state index is 0.102. The molecule has 0 spiro atoms. The number of rotatable bonds is 5. The van der Waals surface area contributed by atoms with E-state index >= 15 is 0 Å². The van der Waals surface area contributed by atoms with Gasteiger partial charge in [-0.25, -0.2) is 4.98 Å². The molecular formula is C20H19N7O. The standard InChI is InChI=1S/C20H19N7O/c1-26-12-14(11-22-26)23-20-21-9-7-18(25-20)27-10-8-15-16(3-2-4-17(15)27)24-19(28)13-5-6-13/h2-4,7-13H,5-6H2,1H3,(H,24,28)(H,21,23,25). The molecule has 140 valence electrons. The van der Waals surface area contributed by atoms with Crippen molar-refractivity contribution in [2.24, 2.45) is 13.0 Å². The molecule has 0 unspecified atom stereocenters. The number of aryl methyl sites for hydroxylation is 1. The van der Waals surface area contributed by atoms with Crippen LogP contribution >= 0.6 is 0 Å². The molecule has 1 aromatic carbocycles. The molecule has 1 aliphatic rings. The first kappa shape index (κ1) is 16.5. The first-order valence-corrected chi connectivity index (χ1v) is 9.17. The molecule has 8 heteroatoms. The number of aromatic nitrogens is 5. The first-order valence-electron chi connectivity index (χ1n) is 9.17. The molecule has 28 heavy (non-hydrogen) atoms. The number of nitrogens with zero attached hydrogens (tertiary/aromatic N) is 5. The lowest BCUT2D eigenvalue weighted by atomic mass is 10.2. The van der Waals surface area contributed by atoms with Gasteiger partial charge in [0.2, 0.25) is 11.9 Å². The van der Waals surface area contributed by atoms with Gasteiger partial charge >= 0.3 is 0 Å². The fraction of sp³-hybridized carbons (Fsp3) is 0.200. The van der Waals surface area contributed by atoms with Gasteiger partial charge in [0.1, 0.15) is 5.82 Å². The normalized spacial score (nSPS) is 13.6. The van der Waals surface area contributed by atoms with Crippen molar-refractivity contribution in [3.63, 3.8) is 0 Å². The summed E-state index contributed by atoms with van der Waals surface area (Å²) < 4.78 is 3.70. The summed E-state index contributed by atoms with van der Waals surface area (Å²) in [6.07, 6.45) is 9.21. The van der Waals surface area contributed by atoms with Crippen LogP contribution in [0.25, 0.3) is 16.7 Å². The Bertz CT molecular complexity index is 1170. The fourth-order valence-corrected chi connectivity index (χ4v) is 3.22. The molecule has 1 fully saturated rings. The van der Waals surface area contributed by atoms with E-state index in [9.17, 15) is 4.79 Å². The second-order valence-electron chi connectivity index (χ2n) is 6.95. The molecule has 1 saturated carbocycles. The molecule has 0 bridgehead atoms. The van der Waals surface area contributed by atoms with Gasteiger partial charge in [-0.3, -0.25) is 9.48 Å². The van der Waals surface area contributed by atoms with Crippen LogP contribution in [-0.4, -0.2) is 30.2 Å². The van der Waals surface area contributed by atoms with Crippen molar-refractivity contribution in [3.8, 4) is 5.82 Å².